The van der Waals surface area contributed by atoms with Crippen LogP contribution in [0.4, 0.5) is 0 Å². The Kier molecular flexibility index (Phi) is 9.58. The van der Waals surface area contributed by atoms with E-state index in [1.807, 2.05) is 0 Å². The van der Waals surface area contributed by atoms with Crippen LogP contribution in [0.3, 0.4) is 0 Å². The van der Waals surface area contributed by atoms with Crippen molar-refractivity contribution in [2.24, 2.45) is 0 Å². The van der Waals surface area contributed by atoms with Crippen LogP contribution in [-0.4, -0.2) is 43.3 Å². The van der Waals surface area contributed by atoms with Gasteiger partial charge in [0.1, 0.15) is 6.04 Å². The molecule has 0 saturated carbocycles. The van der Waals surface area contributed by atoms with Gasteiger partial charge in [-0.1, -0.05) is 42.5 Å². The highest BCUT2D eigenvalue weighted by Crippen LogP contribution is 2.30. The highest BCUT2D eigenvalue weighted by atomic mass is 16.8. The molecule has 0 radical (unpaired) electrons. The molecular weight excluding hydrogens is 488 g/mol. The zero-order valence-electron chi connectivity index (χ0n) is 21.1. The van der Waals surface area contributed by atoms with Crippen molar-refractivity contribution in [1.82, 2.24) is 10.8 Å². The number of rotatable bonds is 11. The van der Waals surface area contributed by atoms with Crippen LogP contribution in [0.15, 0.2) is 78.9 Å². The van der Waals surface area contributed by atoms with E-state index in [9.17, 15) is 14.4 Å². The Balaban J connectivity index is 1.37. The summed E-state index contributed by atoms with van der Waals surface area (Å²) in [5.74, 6) is -1.23. The van der Waals surface area contributed by atoms with Crippen LogP contribution < -0.4 is 20.3 Å². The van der Waals surface area contributed by atoms with Crippen molar-refractivity contribution in [3.05, 3.63) is 95.6 Å². The lowest BCUT2D eigenvalue weighted by atomic mass is 10.1. The summed E-state index contributed by atoms with van der Waals surface area (Å²) >= 11 is 0. The summed E-state index contributed by atoms with van der Waals surface area (Å²) in [6.07, 6.45) is 1.44. The van der Waals surface area contributed by atoms with E-state index in [-0.39, 0.29) is 23.5 Å². The second kappa shape index (κ2) is 13.5. The van der Waals surface area contributed by atoms with E-state index in [2.05, 4.69) is 10.8 Å². The second-order valence-electron chi connectivity index (χ2n) is 8.71. The topological polar surface area (TPSA) is 112 Å². The third kappa shape index (κ3) is 7.72. The van der Waals surface area contributed by atoms with E-state index < -0.39 is 18.2 Å². The molecule has 1 aliphatic heterocycles. The summed E-state index contributed by atoms with van der Waals surface area (Å²) in [5.41, 5.74) is 4.33. The minimum Gasteiger partial charge on any atom is -0.433 e. The first kappa shape index (κ1) is 27.0. The first-order valence-electron chi connectivity index (χ1n) is 12.5. The molecule has 9 heteroatoms. The number of carbonyl (C=O) groups excluding carboxylic acids is 3. The Labute approximate surface area is 221 Å². The Morgan fingerprint density at radius 2 is 1.53 bits per heavy atom. The molecule has 3 aromatic rings. The largest absolute Gasteiger partial charge is 0.433 e. The van der Waals surface area contributed by atoms with Gasteiger partial charge in [-0.15, -0.1) is 0 Å². The maximum atomic E-state index is 12.7. The molecule has 0 amide bonds. The van der Waals surface area contributed by atoms with Crippen LogP contribution >= 0.6 is 0 Å². The quantitative estimate of drug-likeness (QED) is 0.129. The van der Waals surface area contributed by atoms with E-state index in [1.165, 1.54) is 0 Å². The van der Waals surface area contributed by atoms with Gasteiger partial charge in [0.25, 0.3) is 0 Å². The zero-order chi connectivity index (χ0) is 26.7. The molecule has 0 bridgehead atoms. The number of hydrogen-bond acceptors (Lipinski definition) is 9. The van der Waals surface area contributed by atoms with Crippen molar-refractivity contribution in [3.8, 4) is 11.5 Å². The summed E-state index contributed by atoms with van der Waals surface area (Å²) in [6.45, 7) is 2.83. The molecule has 3 aromatic carbocycles. The fourth-order valence-electron chi connectivity index (χ4n) is 3.87. The van der Waals surface area contributed by atoms with Gasteiger partial charge in [0.15, 0.2) is 11.5 Å². The Morgan fingerprint density at radius 1 is 0.895 bits per heavy atom. The standard InChI is InChI=1S/C29H30N2O7/c1-20(35-29(34)24-13-8-17-30-24)38-31-18-16-21-14-15-25(36-27(32)22-9-4-2-5-10-22)26(19-21)37-28(33)23-11-6-3-7-12-23/h2-7,9-12,14-15,19-20,24,30-31H,8,13,16-18H2,1H3. The lowest BCUT2D eigenvalue weighted by Gasteiger charge is -2.17. The summed E-state index contributed by atoms with van der Waals surface area (Å²) in [6, 6.07) is 21.8. The second-order valence-corrected chi connectivity index (χ2v) is 8.71. The lowest BCUT2D eigenvalue weighted by Crippen LogP contribution is -2.36. The summed E-state index contributed by atoms with van der Waals surface area (Å²) in [7, 11) is 0. The number of hydroxylamine groups is 1. The Hall–Kier alpha value is -4.05. The zero-order valence-corrected chi connectivity index (χ0v) is 21.1. The van der Waals surface area contributed by atoms with Gasteiger partial charge in [-0.05, 0) is 74.7 Å². The Bertz CT molecular complexity index is 1230. The fourth-order valence-corrected chi connectivity index (χ4v) is 3.87. The molecule has 0 aromatic heterocycles. The molecule has 38 heavy (non-hydrogen) atoms. The number of esters is 3. The Morgan fingerprint density at radius 3 is 2.13 bits per heavy atom. The van der Waals surface area contributed by atoms with Crippen LogP contribution in [0.5, 0.6) is 11.5 Å². The average molecular weight is 519 g/mol. The van der Waals surface area contributed by atoms with Gasteiger partial charge in [-0.25, -0.2) is 9.59 Å². The molecule has 1 saturated heterocycles. The van der Waals surface area contributed by atoms with Crippen molar-refractivity contribution in [3.63, 3.8) is 0 Å². The highest BCUT2D eigenvalue weighted by molar-refractivity contribution is 5.93. The minimum atomic E-state index is -0.757. The van der Waals surface area contributed by atoms with Crippen LogP contribution in [0.25, 0.3) is 0 Å². The third-order valence-corrected chi connectivity index (χ3v) is 5.82. The molecule has 0 aliphatic carbocycles. The maximum Gasteiger partial charge on any atom is 0.343 e. The van der Waals surface area contributed by atoms with E-state index in [4.69, 9.17) is 19.0 Å². The van der Waals surface area contributed by atoms with E-state index in [1.54, 1.807) is 85.8 Å². The molecule has 9 nitrogen and oxygen atoms in total. The van der Waals surface area contributed by atoms with Crippen LogP contribution in [0.2, 0.25) is 0 Å². The highest BCUT2D eigenvalue weighted by Gasteiger charge is 2.25. The van der Waals surface area contributed by atoms with Crippen molar-refractivity contribution in [2.45, 2.75) is 38.5 Å². The first-order valence-corrected chi connectivity index (χ1v) is 12.5. The molecule has 2 atom stereocenters. The molecule has 1 aliphatic rings. The summed E-state index contributed by atoms with van der Waals surface area (Å²) in [4.78, 5) is 42.8. The van der Waals surface area contributed by atoms with Gasteiger partial charge in [0, 0.05) is 6.54 Å². The number of benzene rings is 3. The van der Waals surface area contributed by atoms with Crippen LogP contribution in [0, 0.1) is 0 Å². The van der Waals surface area contributed by atoms with Crippen LogP contribution in [0.1, 0.15) is 46.0 Å². The van der Waals surface area contributed by atoms with Gasteiger partial charge < -0.3 is 19.5 Å². The van der Waals surface area contributed by atoms with Crippen LogP contribution in [-0.2, 0) is 20.8 Å². The van der Waals surface area contributed by atoms with E-state index in [0.29, 0.717) is 24.1 Å². The fraction of sp³-hybridized carbons (Fsp3) is 0.276. The molecule has 2 unspecified atom stereocenters. The maximum absolute atomic E-state index is 12.7. The normalized spacial score (nSPS) is 15.4. The minimum absolute atomic E-state index is 0.118. The third-order valence-electron chi connectivity index (χ3n) is 5.82. The number of carbonyl (C=O) groups is 3. The SMILES string of the molecule is CC(ONCCc1ccc(OC(=O)c2ccccc2)c(OC(=O)c2ccccc2)c1)OC(=O)C1CCCN1. The average Bonchev–Trinajstić information content (AvgIpc) is 3.49. The smallest absolute Gasteiger partial charge is 0.343 e. The molecule has 0 spiro atoms. The van der Waals surface area contributed by atoms with Crippen molar-refractivity contribution in [1.29, 1.82) is 0 Å². The van der Waals surface area contributed by atoms with Gasteiger partial charge in [0.05, 0.1) is 11.1 Å². The number of hydrogen-bond donors (Lipinski definition) is 2. The first-order chi connectivity index (χ1) is 18.5. The lowest BCUT2D eigenvalue weighted by molar-refractivity contribution is -0.190. The molecule has 1 fully saturated rings. The van der Waals surface area contributed by atoms with Crippen molar-refractivity contribution >= 4 is 17.9 Å². The van der Waals surface area contributed by atoms with Gasteiger partial charge >= 0.3 is 17.9 Å². The van der Waals surface area contributed by atoms with E-state index >= 15 is 0 Å². The molecule has 2 N–H and O–H groups in total. The molecule has 4 rings (SSSR count). The summed E-state index contributed by atoms with van der Waals surface area (Å²) < 4.78 is 16.5. The predicted molar refractivity (Wildman–Crippen MR) is 139 cm³/mol. The van der Waals surface area contributed by atoms with Crippen molar-refractivity contribution < 1.29 is 33.4 Å². The van der Waals surface area contributed by atoms with Gasteiger partial charge in [-0.3, -0.25) is 9.63 Å². The summed E-state index contributed by atoms with van der Waals surface area (Å²) in [5, 5.41) is 3.09. The predicted octanol–water partition coefficient (Wildman–Crippen LogP) is 3.83. The van der Waals surface area contributed by atoms with Gasteiger partial charge in [-0.2, -0.15) is 5.48 Å². The van der Waals surface area contributed by atoms with Gasteiger partial charge in [0.2, 0.25) is 6.29 Å². The molecule has 198 valence electrons. The number of nitrogens with one attached hydrogen (secondary N) is 2. The number of ether oxygens (including phenoxy) is 3. The van der Waals surface area contributed by atoms with Crippen molar-refractivity contribution in [2.75, 3.05) is 13.1 Å². The monoisotopic (exact) mass is 518 g/mol. The van der Waals surface area contributed by atoms with E-state index in [0.717, 1.165) is 24.9 Å². The molecule has 1 heterocycles. The molecular formula is C29H30N2O7.